The maximum atomic E-state index is 12.2. The van der Waals surface area contributed by atoms with Crippen LogP contribution in [0.5, 0.6) is 5.75 Å². The van der Waals surface area contributed by atoms with Crippen molar-refractivity contribution in [2.24, 2.45) is 0 Å². The van der Waals surface area contributed by atoms with Crippen molar-refractivity contribution >= 4 is 23.4 Å². The van der Waals surface area contributed by atoms with E-state index in [-0.39, 0.29) is 12.4 Å². The predicted octanol–water partition coefficient (Wildman–Crippen LogP) is 4.11. The average molecular weight is 350 g/mol. The normalized spacial score (nSPS) is 10.2. The van der Waals surface area contributed by atoms with Crippen LogP contribution in [0, 0.1) is 0 Å². The molecule has 0 aliphatic heterocycles. The summed E-state index contributed by atoms with van der Waals surface area (Å²) < 4.78 is 33.5. The van der Waals surface area contributed by atoms with E-state index in [9.17, 15) is 18.4 Å². The quantitative estimate of drug-likeness (QED) is 0.769. The molecule has 0 heterocycles. The van der Waals surface area contributed by atoms with Gasteiger partial charge in [-0.3, -0.25) is 0 Å². The Morgan fingerprint density at radius 3 is 2.36 bits per heavy atom. The number of halogens is 2. The van der Waals surface area contributed by atoms with E-state index < -0.39 is 18.6 Å². The van der Waals surface area contributed by atoms with Gasteiger partial charge in [0, 0.05) is 17.4 Å². The summed E-state index contributed by atoms with van der Waals surface area (Å²) in [6, 6.07) is 11.2. The van der Waals surface area contributed by atoms with Gasteiger partial charge in [0.15, 0.2) is 0 Å². The van der Waals surface area contributed by atoms with E-state index in [0.29, 0.717) is 16.9 Å². The van der Waals surface area contributed by atoms with Crippen molar-refractivity contribution < 1.29 is 27.8 Å². The van der Waals surface area contributed by atoms with E-state index in [1.165, 1.54) is 36.4 Å². The second-order valence-corrected chi connectivity index (χ2v) is 4.78. The molecule has 6 nitrogen and oxygen atoms in total. The van der Waals surface area contributed by atoms with Gasteiger partial charge in [-0.2, -0.15) is 8.78 Å². The van der Waals surface area contributed by atoms with E-state index in [1.54, 1.807) is 19.1 Å². The van der Waals surface area contributed by atoms with Crippen molar-refractivity contribution in [2.75, 3.05) is 17.2 Å². The zero-order valence-electron chi connectivity index (χ0n) is 13.3. The second kappa shape index (κ2) is 8.62. The molecule has 2 N–H and O–H groups in total. The third-order valence-corrected chi connectivity index (χ3v) is 2.97. The van der Waals surface area contributed by atoms with Crippen LogP contribution in [0.3, 0.4) is 0 Å². The Kier molecular flexibility index (Phi) is 6.27. The Morgan fingerprint density at radius 2 is 1.72 bits per heavy atom. The van der Waals surface area contributed by atoms with Gasteiger partial charge in [-0.25, -0.2) is 9.59 Å². The highest BCUT2D eigenvalue weighted by Crippen LogP contribution is 2.19. The number of urea groups is 1. The maximum Gasteiger partial charge on any atom is 0.387 e. The van der Waals surface area contributed by atoms with E-state index in [0.717, 1.165) is 0 Å². The molecule has 132 valence electrons. The lowest BCUT2D eigenvalue weighted by molar-refractivity contribution is -0.0498. The monoisotopic (exact) mass is 350 g/mol. The molecule has 0 fully saturated rings. The van der Waals surface area contributed by atoms with Gasteiger partial charge >= 0.3 is 18.6 Å². The van der Waals surface area contributed by atoms with Gasteiger partial charge in [0.2, 0.25) is 0 Å². The zero-order chi connectivity index (χ0) is 18.2. The molecule has 0 saturated carbocycles. The molecule has 0 atom stereocenters. The smallest absolute Gasteiger partial charge is 0.387 e. The Labute approximate surface area is 142 Å². The highest BCUT2D eigenvalue weighted by molar-refractivity contribution is 6.00. The van der Waals surface area contributed by atoms with Crippen molar-refractivity contribution in [3.05, 3.63) is 54.1 Å². The third-order valence-electron chi connectivity index (χ3n) is 2.97. The standard InChI is InChI=1S/C17H16F2N2O4/c1-2-24-15(22)11-6-8-12(9-7-11)20-17(23)21-13-4-3-5-14(10-13)25-16(18)19/h3-10,16H,2H2,1H3,(H2,20,21,23). The molecule has 0 radical (unpaired) electrons. The number of esters is 1. The first-order valence-corrected chi connectivity index (χ1v) is 7.38. The van der Waals surface area contributed by atoms with Crippen LogP contribution in [0.15, 0.2) is 48.5 Å². The van der Waals surface area contributed by atoms with Crippen LogP contribution in [-0.4, -0.2) is 25.2 Å². The first-order chi connectivity index (χ1) is 12.0. The molecule has 8 heteroatoms. The number of ether oxygens (including phenoxy) is 2. The number of anilines is 2. The largest absolute Gasteiger partial charge is 0.462 e. The Balaban J connectivity index is 1.95. The zero-order valence-corrected chi connectivity index (χ0v) is 13.3. The minimum Gasteiger partial charge on any atom is -0.462 e. The number of nitrogens with one attached hydrogen (secondary N) is 2. The van der Waals surface area contributed by atoms with Crippen molar-refractivity contribution in [1.82, 2.24) is 0 Å². The summed E-state index contributed by atoms with van der Waals surface area (Å²) in [4.78, 5) is 23.5. The van der Waals surface area contributed by atoms with Crippen LogP contribution in [0.2, 0.25) is 0 Å². The van der Waals surface area contributed by atoms with Crippen LogP contribution in [0.25, 0.3) is 0 Å². The summed E-state index contributed by atoms with van der Waals surface area (Å²) in [5.41, 5.74) is 1.11. The fourth-order valence-electron chi connectivity index (χ4n) is 1.95. The predicted molar refractivity (Wildman–Crippen MR) is 88.1 cm³/mol. The van der Waals surface area contributed by atoms with E-state index in [4.69, 9.17) is 4.74 Å². The van der Waals surface area contributed by atoms with Crippen molar-refractivity contribution in [3.8, 4) is 5.75 Å². The highest BCUT2D eigenvalue weighted by Gasteiger charge is 2.09. The van der Waals surface area contributed by atoms with Gasteiger partial charge in [0.1, 0.15) is 5.75 Å². The molecular formula is C17H16F2N2O4. The molecule has 0 aliphatic carbocycles. The molecule has 0 spiro atoms. The lowest BCUT2D eigenvalue weighted by Gasteiger charge is -2.10. The molecule has 0 aromatic heterocycles. The SMILES string of the molecule is CCOC(=O)c1ccc(NC(=O)Nc2cccc(OC(F)F)c2)cc1. The number of rotatable bonds is 6. The summed E-state index contributed by atoms with van der Waals surface area (Å²) in [5.74, 6) is -0.513. The van der Waals surface area contributed by atoms with Gasteiger partial charge in [-0.05, 0) is 43.3 Å². The number of carbonyl (C=O) groups is 2. The number of hydrogen-bond donors (Lipinski definition) is 2. The summed E-state index contributed by atoms with van der Waals surface area (Å²) >= 11 is 0. The number of alkyl halides is 2. The molecule has 25 heavy (non-hydrogen) atoms. The van der Waals surface area contributed by atoms with Crippen LogP contribution in [-0.2, 0) is 4.74 Å². The van der Waals surface area contributed by atoms with Gasteiger partial charge in [0.25, 0.3) is 0 Å². The summed E-state index contributed by atoms with van der Waals surface area (Å²) in [6.07, 6.45) is 0. The van der Waals surface area contributed by atoms with Crippen molar-refractivity contribution in [1.29, 1.82) is 0 Å². The minimum atomic E-state index is -2.94. The number of carbonyl (C=O) groups excluding carboxylic acids is 2. The molecule has 2 aromatic rings. The molecule has 2 rings (SSSR count). The molecule has 2 amide bonds. The Morgan fingerprint density at radius 1 is 1.04 bits per heavy atom. The maximum absolute atomic E-state index is 12.2. The van der Waals surface area contributed by atoms with Crippen LogP contribution in [0.1, 0.15) is 17.3 Å². The molecular weight excluding hydrogens is 334 g/mol. The first kappa shape index (κ1) is 18.2. The van der Waals surface area contributed by atoms with Crippen LogP contribution in [0.4, 0.5) is 25.0 Å². The lowest BCUT2D eigenvalue weighted by atomic mass is 10.2. The number of hydrogen-bond acceptors (Lipinski definition) is 4. The fraction of sp³-hybridized carbons (Fsp3) is 0.176. The number of benzene rings is 2. The summed E-state index contributed by atoms with van der Waals surface area (Å²) in [6.45, 7) is -0.961. The van der Waals surface area contributed by atoms with Gasteiger partial charge < -0.3 is 20.1 Å². The van der Waals surface area contributed by atoms with E-state index in [2.05, 4.69) is 15.4 Å². The van der Waals surface area contributed by atoms with E-state index >= 15 is 0 Å². The fourth-order valence-corrected chi connectivity index (χ4v) is 1.95. The highest BCUT2D eigenvalue weighted by atomic mass is 19.3. The van der Waals surface area contributed by atoms with Crippen LogP contribution >= 0.6 is 0 Å². The Bertz CT molecular complexity index is 736. The van der Waals surface area contributed by atoms with E-state index in [1.807, 2.05) is 0 Å². The molecule has 0 aliphatic rings. The summed E-state index contributed by atoms with van der Waals surface area (Å²) in [7, 11) is 0. The van der Waals surface area contributed by atoms with Crippen molar-refractivity contribution in [2.45, 2.75) is 13.5 Å². The number of amides is 2. The second-order valence-electron chi connectivity index (χ2n) is 4.78. The first-order valence-electron chi connectivity index (χ1n) is 7.38. The van der Waals surface area contributed by atoms with Gasteiger partial charge in [-0.15, -0.1) is 0 Å². The van der Waals surface area contributed by atoms with Crippen molar-refractivity contribution in [3.63, 3.8) is 0 Å². The minimum absolute atomic E-state index is 0.0633. The summed E-state index contributed by atoms with van der Waals surface area (Å²) in [5, 5.41) is 5.05. The lowest BCUT2D eigenvalue weighted by Crippen LogP contribution is -2.19. The molecule has 0 bridgehead atoms. The van der Waals surface area contributed by atoms with Gasteiger partial charge in [0.05, 0.1) is 12.2 Å². The van der Waals surface area contributed by atoms with Gasteiger partial charge in [-0.1, -0.05) is 6.07 Å². The van der Waals surface area contributed by atoms with Crippen LogP contribution < -0.4 is 15.4 Å². The molecule has 2 aromatic carbocycles. The Hall–Kier alpha value is -3.16. The average Bonchev–Trinajstić information content (AvgIpc) is 2.55. The third kappa shape index (κ3) is 5.76. The molecule has 0 saturated heterocycles. The topological polar surface area (TPSA) is 76.7 Å². The molecule has 0 unspecified atom stereocenters.